The van der Waals surface area contributed by atoms with Crippen molar-refractivity contribution < 1.29 is 0 Å². The lowest BCUT2D eigenvalue weighted by atomic mass is 10.3. The summed E-state index contributed by atoms with van der Waals surface area (Å²) < 4.78 is 0. The lowest BCUT2D eigenvalue weighted by Crippen LogP contribution is -2.23. The molecule has 2 heteroatoms. The molecule has 1 rings (SSSR count). The molecule has 0 aliphatic rings. The van der Waals surface area contributed by atoms with Crippen LogP contribution < -0.4 is 4.90 Å². The number of H-pyrrole nitrogens is 1. The van der Waals surface area contributed by atoms with Crippen molar-refractivity contribution in [2.75, 3.05) is 18.0 Å². The van der Waals surface area contributed by atoms with Gasteiger partial charge in [-0.05, 0) is 19.4 Å². The van der Waals surface area contributed by atoms with Crippen LogP contribution in [0, 0.1) is 0 Å². The second-order valence-electron chi connectivity index (χ2n) is 3.00. The summed E-state index contributed by atoms with van der Waals surface area (Å²) in [5.74, 6) is 0. The van der Waals surface area contributed by atoms with E-state index in [0.29, 0.717) is 0 Å². The Morgan fingerprint density at radius 3 is 2.75 bits per heavy atom. The molecule has 0 saturated heterocycles. The monoisotopic (exact) mass is 166 g/mol. The highest BCUT2D eigenvalue weighted by Crippen LogP contribution is 2.12. The topological polar surface area (TPSA) is 19.0 Å². The van der Waals surface area contributed by atoms with Crippen molar-refractivity contribution in [3.63, 3.8) is 0 Å². The first-order valence-electron chi connectivity index (χ1n) is 4.76. The van der Waals surface area contributed by atoms with Crippen molar-refractivity contribution in [1.82, 2.24) is 4.98 Å². The smallest absolute Gasteiger partial charge is 0.0543 e. The van der Waals surface area contributed by atoms with Gasteiger partial charge in [-0.3, -0.25) is 0 Å². The zero-order valence-corrected chi connectivity index (χ0v) is 8.01. The first-order valence-corrected chi connectivity index (χ1v) is 4.76. The summed E-state index contributed by atoms with van der Waals surface area (Å²) in [4.78, 5) is 5.47. The van der Waals surface area contributed by atoms with Gasteiger partial charge in [-0.2, -0.15) is 0 Å². The van der Waals surface area contributed by atoms with Crippen LogP contribution in [0.3, 0.4) is 0 Å². The van der Waals surface area contributed by atoms with Crippen molar-refractivity contribution in [3.05, 3.63) is 18.5 Å². The first-order chi connectivity index (χ1) is 5.88. The van der Waals surface area contributed by atoms with Crippen LogP contribution >= 0.6 is 0 Å². The molecule has 0 saturated carbocycles. The Morgan fingerprint density at radius 1 is 1.42 bits per heavy atom. The molecule has 0 radical (unpaired) electrons. The maximum absolute atomic E-state index is 3.08. The summed E-state index contributed by atoms with van der Waals surface area (Å²) >= 11 is 0. The van der Waals surface area contributed by atoms with Crippen LogP contribution in [0.25, 0.3) is 0 Å². The van der Waals surface area contributed by atoms with Crippen LogP contribution in [0.15, 0.2) is 18.5 Å². The fraction of sp³-hybridized carbons (Fsp3) is 0.600. The van der Waals surface area contributed by atoms with Crippen LogP contribution in [0.1, 0.15) is 26.7 Å². The first kappa shape index (κ1) is 9.17. The Labute approximate surface area is 74.6 Å². The standard InChI is InChI=1S/C10H18N2/c1-3-5-8-12(4-2)10-6-7-11-9-10/h6-7,9,11H,3-5,8H2,1-2H3. The van der Waals surface area contributed by atoms with Gasteiger partial charge in [0.05, 0.1) is 5.69 Å². The summed E-state index contributed by atoms with van der Waals surface area (Å²) in [6.07, 6.45) is 6.57. The number of anilines is 1. The largest absolute Gasteiger partial charge is 0.371 e. The van der Waals surface area contributed by atoms with E-state index in [2.05, 4.69) is 36.0 Å². The molecule has 0 amide bonds. The molecule has 0 aliphatic heterocycles. The maximum Gasteiger partial charge on any atom is 0.0543 e. The Hall–Kier alpha value is -0.920. The molecule has 1 aromatic heterocycles. The van der Waals surface area contributed by atoms with Crippen molar-refractivity contribution >= 4 is 5.69 Å². The molecule has 0 unspecified atom stereocenters. The van der Waals surface area contributed by atoms with Crippen LogP contribution in [0.5, 0.6) is 0 Å². The number of hydrogen-bond donors (Lipinski definition) is 1. The van der Waals surface area contributed by atoms with Gasteiger partial charge < -0.3 is 9.88 Å². The van der Waals surface area contributed by atoms with E-state index in [1.165, 1.54) is 25.1 Å². The SMILES string of the molecule is CCCCN(CC)c1cc[nH]c1. The third-order valence-corrected chi connectivity index (χ3v) is 2.11. The van der Waals surface area contributed by atoms with Crippen molar-refractivity contribution in [3.8, 4) is 0 Å². The summed E-state index contributed by atoms with van der Waals surface area (Å²) in [6.45, 7) is 6.69. The van der Waals surface area contributed by atoms with E-state index >= 15 is 0 Å². The Balaban J connectivity index is 2.45. The zero-order valence-electron chi connectivity index (χ0n) is 8.01. The van der Waals surface area contributed by atoms with E-state index in [4.69, 9.17) is 0 Å². The van der Waals surface area contributed by atoms with Crippen molar-refractivity contribution in [2.24, 2.45) is 0 Å². The van der Waals surface area contributed by atoms with Crippen LogP contribution in [-0.4, -0.2) is 18.1 Å². The normalized spacial score (nSPS) is 10.2. The minimum atomic E-state index is 1.10. The average Bonchev–Trinajstić information content (AvgIpc) is 2.59. The zero-order chi connectivity index (χ0) is 8.81. The van der Waals surface area contributed by atoms with Gasteiger partial charge in [0.1, 0.15) is 0 Å². The maximum atomic E-state index is 3.08. The summed E-state index contributed by atoms with van der Waals surface area (Å²) in [6, 6.07) is 2.12. The Bertz CT molecular complexity index is 192. The van der Waals surface area contributed by atoms with Gasteiger partial charge in [0.25, 0.3) is 0 Å². The van der Waals surface area contributed by atoms with Gasteiger partial charge in [-0.1, -0.05) is 13.3 Å². The van der Waals surface area contributed by atoms with E-state index in [9.17, 15) is 0 Å². The number of rotatable bonds is 5. The molecular formula is C10H18N2. The van der Waals surface area contributed by atoms with E-state index in [1.807, 2.05) is 6.20 Å². The van der Waals surface area contributed by atoms with Crippen LogP contribution in [0.4, 0.5) is 5.69 Å². The quantitative estimate of drug-likeness (QED) is 0.712. The van der Waals surface area contributed by atoms with Crippen molar-refractivity contribution in [1.29, 1.82) is 0 Å². The number of aromatic amines is 1. The molecule has 0 aromatic carbocycles. The number of unbranched alkanes of at least 4 members (excludes halogenated alkanes) is 1. The lowest BCUT2D eigenvalue weighted by Gasteiger charge is -2.20. The Morgan fingerprint density at radius 2 is 2.25 bits per heavy atom. The fourth-order valence-electron chi connectivity index (χ4n) is 1.33. The molecule has 0 atom stereocenters. The Kier molecular flexibility index (Phi) is 3.71. The predicted octanol–water partition coefficient (Wildman–Crippen LogP) is 2.64. The summed E-state index contributed by atoms with van der Waals surface area (Å²) in [7, 11) is 0. The molecule has 1 N–H and O–H groups in total. The van der Waals surface area contributed by atoms with E-state index in [-0.39, 0.29) is 0 Å². The van der Waals surface area contributed by atoms with Crippen LogP contribution in [-0.2, 0) is 0 Å². The van der Waals surface area contributed by atoms with Gasteiger partial charge >= 0.3 is 0 Å². The molecule has 1 heterocycles. The fourth-order valence-corrected chi connectivity index (χ4v) is 1.33. The van der Waals surface area contributed by atoms with Gasteiger partial charge in [0.15, 0.2) is 0 Å². The van der Waals surface area contributed by atoms with E-state index in [1.54, 1.807) is 0 Å². The molecule has 0 spiro atoms. The molecule has 0 fully saturated rings. The number of aromatic nitrogens is 1. The van der Waals surface area contributed by atoms with E-state index < -0.39 is 0 Å². The van der Waals surface area contributed by atoms with Crippen LogP contribution in [0.2, 0.25) is 0 Å². The number of nitrogens with one attached hydrogen (secondary N) is 1. The second kappa shape index (κ2) is 4.86. The third-order valence-electron chi connectivity index (χ3n) is 2.11. The molecule has 12 heavy (non-hydrogen) atoms. The molecule has 0 bridgehead atoms. The molecular weight excluding hydrogens is 148 g/mol. The molecule has 2 nitrogen and oxygen atoms in total. The summed E-state index contributed by atoms with van der Waals surface area (Å²) in [5.41, 5.74) is 1.31. The highest BCUT2D eigenvalue weighted by molar-refractivity contribution is 5.43. The van der Waals surface area contributed by atoms with Gasteiger partial charge in [0, 0.05) is 25.5 Å². The second-order valence-corrected chi connectivity index (χ2v) is 3.00. The van der Waals surface area contributed by atoms with Gasteiger partial charge in [-0.25, -0.2) is 0 Å². The third kappa shape index (κ3) is 2.29. The van der Waals surface area contributed by atoms with E-state index in [0.717, 1.165) is 6.54 Å². The minimum absolute atomic E-state index is 1.10. The van der Waals surface area contributed by atoms with Crippen molar-refractivity contribution in [2.45, 2.75) is 26.7 Å². The number of nitrogens with zero attached hydrogens (tertiary/aromatic N) is 1. The summed E-state index contributed by atoms with van der Waals surface area (Å²) in [5, 5.41) is 0. The highest BCUT2D eigenvalue weighted by Gasteiger charge is 2.01. The average molecular weight is 166 g/mol. The minimum Gasteiger partial charge on any atom is -0.371 e. The highest BCUT2D eigenvalue weighted by atomic mass is 15.1. The predicted molar refractivity (Wildman–Crippen MR) is 53.6 cm³/mol. The lowest BCUT2D eigenvalue weighted by molar-refractivity contribution is 0.732. The molecule has 1 aromatic rings. The molecule has 0 aliphatic carbocycles. The number of hydrogen-bond acceptors (Lipinski definition) is 1. The molecule has 68 valence electrons. The van der Waals surface area contributed by atoms with Gasteiger partial charge in [-0.15, -0.1) is 0 Å². The van der Waals surface area contributed by atoms with Gasteiger partial charge in [0.2, 0.25) is 0 Å².